The molecular formula is C63H37F10N3. The SMILES string of the molecule is CC1(C)c2cc(N(c3ccc(C(F)(F)F)cc3)c3cc(F)cc(F)c3)ccc2-c2ccc3cc4c(cc3c21)c1ccc(N(c2ccc(C(F)(F)F)cc2)c2ccc(F)cc2F)c2c3cc(-c5ccccc5)ccc3n4c12. The van der Waals surface area contributed by atoms with Gasteiger partial charge in [0, 0.05) is 56.2 Å². The van der Waals surface area contributed by atoms with Crippen molar-refractivity contribution < 1.29 is 43.9 Å². The summed E-state index contributed by atoms with van der Waals surface area (Å²) in [5, 5.41) is 5.02. The van der Waals surface area contributed by atoms with Gasteiger partial charge in [-0.3, -0.25) is 0 Å². The first kappa shape index (κ1) is 46.9. The third kappa shape index (κ3) is 7.26. The first-order valence-electron chi connectivity index (χ1n) is 24.1. The number of benzene rings is 10. The van der Waals surface area contributed by atoms with Crippen molar-refractivity contribution in [3.8, 4) is 22.3 Å². The quantitative estimate of drug-likeness (QED) is 0.147. The third-order valence-electron chi connectivity index (χ3n) is 14.9. The lowest BCUT2D eigenvalue weighted by atomic mass is 9.80. The van der Waals surface area contributed by atoms with E-state index < -0.39 is 52.2 Å². The van der Waals surface area contributed by atoms with Crippen molar-refractivity contribution in [1.29, 1.82) is 0 Å². The predicted octanol–water partition coefficient (Wildman–Crippen LogP) is 19.5. The molecule has 0 saturated carbocycles. The number of rotatable bonds is 7. The summed E-state index contributed by atoms with van der Waals surface area (Å²) >= 11 is 0. The molecule has 1 aliphatic rings. The van der Waals surface area contributed by atoms with E-state index in [4.69, 9.17) is 0 Å². The summed E-state index contributed by atoms with van der Waals surface area (Å²) in [7, 11) is 0. The van der Waals surface area contributed by atoms with Crippen LogP contribution in [0, 0.1) is 23.3 Å². The van der Waals surface area contributed by atoms with Crippen molar-refractivity contribution in [2.45, 2.75) is 31.6 Å². The van der Waals surface area contributed by atoms with Crippen LogP contribution in [0.3, 0.4) is 0 Å². The lowest BCUT2D eigenvalue weighted by Gasteiger charge is -2.28. The number of hydrogen-bond donors (Lipinski definition) is 0. The molecule has 0 N–H and O–H groups in total. The number of fused-ring (bicyclic) bond motifs is 11. The fourth-order valence-corrected chi connectivity index (χ4v) is 11.6. The summed E-state index contributed by atoms with van der Waals surface area (Å²) in [4.78, 5) is 3.05. The van der Waals surface area contributed by atoms with Crippen LogP contribution in [0.1, 0.15) is 36.1 Å². The summed E-state index contributed by atoms with van der Waals surface area (Å²) < 4.78 is 146. The Labute approximate surface area is 427 Å². The minimum atomic E-state index is -4.64. The zero-order valence-electron chi connectivity index (χ0n) is 40.0. The number of hydrogen-bond acceptors (Lipinski definition) is 2. The van der Waals surface area contributed by atoms with Crippen LogP contribution >= 0.6 is 0 Å². The fourth-order valence-electron chi connectivity index (χ4n) is 11.6. The summed E-state index contributed by atoms with van der Waals surface area (Å²) in [6.45, 7) is 4.16. The average molecular weight is 1030 g/mol. The Hall–Kier alpha value is -8.84. The van der Waals surface area contributed by atoms with Gasteiger partial charge >= 0.3 is 12.4 Å². The van der Waals surface area contributed by atoms with Gasteiger partial charge in [0.05, 0.1) is 44.7 Å². The maximum atomic E-state index is 16.2. The number of aromatic nitrogens is 1. The van der Waals surface area contributed by atoms with E-state index >= 15 is 4.39 Å². The Bertz CT molecular complexity index is 4310. The standard InChI is InChI=1S/C63H37F10N3/c1-61(2)52-32-44(74(45-29-40(65)28-41(66)30-45)42-15-10-37(11-16-42)62(68,69)70)19-21-46(52)47-20-8-36-27-57-50(33-49(36)59(47)61)48-22-25-56(58-51-26-35(34-6-4-3-5-7-34)9-23-54(51)76(57)60(48)58)75(55-24-14-39(64)31-53(55)67)43-17-12-38(13-18-43)63(71,72)73/h3-33H,1-2H3. The van der Waals surface area contributed by atoms with Gasteiger partial charge in [-0.2, -0.15) is 26.3 Å². The van der Waals surface area contributed by atoms with Gasteiger partial charge in [-0.25, -0.2) is 17.6 Å². The molecule has 10 aromatic carbocycles. The first-order chi connectivity index (χ1) is 36.3. The molecule has 3 nitrogen and oxygen atoms in total. The highest BCUT2D eigenvalue weighted by Crippen LogP contribution is 2.55. The van der Waals surface area contributed by atoms with E-state index in [0.29, 0.717) is 16.8 Å². The molecule has 76 heavy (non-hydrogen) atoms. The molecule has 0 saturated heterocycles. The predicted molar refractivity (Wildman–Crippen MR) is 281 cm³/mol. The molecule has 0 fully saturated rings. The molecule has 0 radical (unpaired) electrons. The van der Waals surface area contributed by atoms with Crippen LogP contribution < -0.4 is 9.80 Å². The Balaban J connectivity index is 1.02. The number of anilines is 6. The summed E-state index contributed by atoms with van der Waals surface area (Å²) in [5.74, 6) is -3.46. The van der Waals surface area contributed by atoms with Crippen molar-refractivity contribution in [3.05, 3.63) is 234 Å². The minimum absolute atomic E-state index is 0.0712. The molecule has 0 amide bonds. The Morgan fingerprint density at radius 2 is 1.05 bits per heavy atom. The lowest BCUT2D eigenvalue weighted by Crippen LogP contribution is -2.17. The number of nitrogens with zero attached hydrogens (tertiary/aromatic N) is 3. The molecule has 0 bridgehead atoms. The molecular weight excluding hydrogens is 989 g/mol. The minimum Gasteiger partial charge on any atom is -0.310 e. The summed E-state index contributed by atoms with van der Waals surface area (Å²) in [6.07, 6.45) is -9.24. The van der Waals surface area contributed by atoms with Gasteiger partial charge in [0.1, 0.15) is 23.3 Å². The van der Waals surface area contributed by atoms with Gasteiger partial charge in [0.15, 0.2) is 0 Å². The summed E-state index contributed by atoms with van der Waals surface area (Å²) in [6, 6.07) is 48.5. The van der Waals surface area contributed by atoms with E-state index in [1.54, 1.807) is 6.07 Å². The topological polar surface area (TPSA) is 10.9 Å². The van der Waals surface area contributed by atoms with E-state index in [0.717, 1.165) is 131 Å². The van der Waals surface area contributed by atoms with Crippen LogP contribution in [0.4, 0.5) is 78.0 Å². The van der Waals surface area contributed by atoms with E-state index in [1.807, 2.05) is 72.8 Å². The Morgan fingerprint density at radius 1 is 0.421 bits per heavy atom. The van der Waals surface area contributed by atoms with Crippen molar-refractivity contribution in [3.63, 3.8) is 0 Å². The third-order valence-corrected chi connectivity index (χ3v) is 14.9. The molecule has 13 heteroatoms. The van der Waals surface area contributed by atoms with Gasteiger partial charge in [-0.1, -0.05) is 74.5 Å². The Kier molecular flexibility index (Phi) is 10.2. The highest BCUT2D eigenvalue weighted by Gasteiger charge is 2.39. The second kappa shape index (κ2) is 16.6. The zero-order valence-corrected chi connectivity index (χ0v) is 40.0. The van der Waals surface area contributed by atoms with Crippen molar-refractivity contribution >= 4 is 83.0 Å². The van der Waals surface area contributed by atoms with Gasteiger partial charge in [-0.05, 0) is 159 Å². The first-order valence-corrected chi connectivity index (χ1v) is 24.1. The van der Waals surface area contributed by atoms with Gasteiger partial charge < -0.3 is 14.2 Å². The maximum absolute atomic E-state index is 16.2. The average Bonchev–Trinajstić information content (AvgIpc) is 4.19. The molecule has 0 unspecified atom stereocenters. The van der Waals surface area contributed by atoms with E-state index in [9.17, 15) is 39.5 Å². The van der Waals surface area contributed by atoms with Crippen LogP contribution in [0.25, 0.3) is 71.1 Å². The van der Waals surface area contributed by atoms with E-state index in [1.165, 1.54) is 40.1 Å². The second-order valence-electron chi connectivity index (χ2n) is 19.7. The van der Waals surface area contributed by atoms with Crippen LogP contribution in [0.15, 0.2) is 188 Å². The molecule has 13 rings (SSSR count). The molecule has 0 aliphatic heterocycles. The monoisotopic (exact) mass is 1030 g/mol. The van der Waals surface area contributed by atoms with E-state index in [2.05, 4.69) is 42.5 Å². The summed E-state index contributed by atoms with van der Waals surface area (Å²) in [5.41, 5.74) is 6.87. The molecule has 374 valence electrons. The van der Waals surface area contributed by atoms with Crippen molar-refractivity contribution in [2.75, 3.05) is 9.80 Å². The molecule has 0 atom stereocenters. The fraction of sp³-hybridized carbons (Fsp3) is 0.0794. The van der Waals surface area contributed by atoms with Gasteiger partial charge in [-0.15, -0.1) is 0 Å². The number of alkyl halides is 6. The molecule has 12 aromatic rings. The molecule has 2 heterocycles. The molecule has 2 aromatic heterocycles. The normalized spacial score (nSPS) is 13.4. The molecule has 0 spiro atoms. The Morgan fingerprint density at radius 3 is 1.71 bits per heavy atom. The highest BCUT2D eigenvalue weighted by atomic mass is 19.4. The second-order valence-corrected chi connectivity index (χ2v) is 19.7. The van der Waals surface area contributed by atoms with Gasteiger partial charge in [0.25, 0.3) is 0 Å². The maximum Gasteiger partial charge on any atom is 0.416 e. The van der Waals surface area contributed by atoms with Crippen LogP contribution in [-0.4, -0.2) is 4.40 Å². The number of halogens is 10. The van der Waals surface area contributed by atoms with Crippen LogP contribution in [0.2, 0.25) is 0 Å². The van der Waals surface area contributed by atoms with Crippen molar-refractivity contribution in [2.24, 2.45) is 0 Å². The lowest BCUT2D eigenvalue weighted by molar-refractivity contribution is -0.138. The van der Waals surface area contributed by atoms with Crippen molar-refractivity contribution in [1.82, 2.24) is 4.40 Å². The van der Waals surface area contributed by atoms with Crippen LogP contribution in [0.5, 0.6) is 0 Å². The zero-order chi connectivity index (χ0) is 52.7. The van der Waals surface area contributed by atoms with E-state index in [-0.39, 0.29) is 22.7 Å². The largest absolute Gasteiger partial charge is 0.416 e. The molecule has 1 aliphatic carbocycles. The highest BCUT2D eigenvalue weighted by molar-refractivity contribution is 6.29. The smallest absolute Gasteiger partial charge is 0.310 e. The van der Waals surface area contributed by atoms with Crippen LogP contribution in [-0.2, 0) is 17.8 Å². The van der Waals surface area contributed by atoms with Gasteiger partial charge in [0.2, 0.25) is 0 Å².